The Balaban J connectivity index is 1.85. The molecule has 0 radical (unpaired) electrons. The van der Waals surface area contributed by atoms with Crippen LogP contribution in [-0.4, -0.2) is 24.2 Å². The molecule has 1 heterocycles. The quantitative estimate of drug-likeness (QED) is 0.654. The first kappa shape index (κ1) is 14.5. The van der Waals surface area contributed by atoms with Crippen LogP contribution in [0.4, 0.5) is 0 Å². The Morgan fingerprint density at radius 2 is 2.00 bits per heavy atom. The van der Waals surface area contributed by atoms with E-state index in [9.17, 15) is 4.79 Å². The number of hydrogen-bond donors (Lipinski definition) is 2. The number of aryl methyl sites for hydroxylation is 1. The van der Waals surface area contributed by atoms with Crippen LogP contribution in [0.5, 0.6) is 0 Å². The van der Waals surface area contributed by atoms with Gasteiger partial charge in [0.1, 0.15) is 0 Å². The van der Waals surface area contributed by atoms with E-state index in [-0.39, 0.29) is 5.97 Å². The first-order valence-corrected chi connectivity index (χ1v) is 6.94. The lowest BCUT2D eigenvalue weighted by atomic mass is 10.1. The van der Waals surface area contributed by atoms with Crippen LogP contribution in [0.15, 0.2) is 35.5 Å². The summed E-state index contributed by atoms with van der Waals surface area (Å²) in [6.45, 7) is 4.67. The molecule has 0 unspecified atom stereocenters. The molecule has 0 fully saturated rings. The second-order valence-corrected chi connectivity index (χ2v) is 5.19. The van der Waals surface area contributed by atoms with Gasteiger partial charge in [-0.15, -0.1) is 0 Å². The number of benzene rings is 1. The summed E-state index contributed by atoms with van der Waals surface area (Å²) in [5.41, 5.74) is 3.74. The third-order valence-corrected chi connectivity index (χ3v) is 3.42. The molecule has 0 atom stereocenters. The molecule has 20 heavy (non-hydrogen) atoms. The average molecular weight is 290 g/mol. The molecule has 2 N–H and O–H groups in total. The molecule has 0 bridgehead atoms. The fourth-order valence-corrected chi connectivity index (χ4v) is 2.15. The molecule has 106 valence electrons. The number of esters is 1. The second-order valence-electron chi connectivity index (χ2n) is 4.78. The van der Waals surface area contributed by atoms with Crippen LogP contribution in [0.2, 0.25) is 0 Å². The van der Waals surface area contributed by atoms with Crippen molar-refractivity contribution in [3.05, 3.63) is 46.7 Å². The van der Waals surface area contributed by atoms with Crippen LogP contribution < -0.4 is 10.6 Å². The maximum atomic E-state index is 12.0. The molecule has 0 amide bonds. The molecule has 0 spiro atoms. The van der Waals surface area contributed by atoms with Gasteiger partial charge in [-0.05, 0) is 31.6 Å². The lowest BCUT2D eigenvalue weighted by Crippen LogP contribution is -2.43. The highest BCUT2D eigenvalue weighted by atomic mass is 32.1. The van der Waals surface area contributed by atoms with E-state index in [1.807, 2.05) is 13.8 Å². The number of rotatable bonds is 4. The maximum absolute atomic E-state index is 12.0. The van der Waals surface area contributed by atoms with Crippen LogP contribution in [0, 0.1) is 6.92 Å². The summed E-state index contributed by atoms with van der Waals surface area (Å²) in [6, 6.07) is 8.21. The van der Waals surface area contributed by atoms with Crippen molar-refractivity contribution < 1.29 is 9.53 Å². The highest BCUT2D eigenvalue weighted by Crippen LogP contribution is 2.08. The molecule has 1 aliphatic rings. The van der Waals surface area contributed by atoms with Gasteiger partial charge in [0.25, 0.3) is 0 Å². The van der Waals surface area contributed by atoms with E-state index in [1.165, 1.54) is 5.56 Å². The third-order valence-electron chi connectivity index (χ3n) is 3.17. The minimum absolute atomic E-state index is 0.294. The second kappa shape index (κ2) is 6.52. The number of thiocarbonyl (C=S) groups is 1. The predicted octanol–water partition coefficient (Wildman–Crippen LogP) is 1.83. The molecule has 1 aromatic carbocycles. The van der Waals surface area contributed by atoms with Gasteiger partial charge in [0, 0.05) is 12.1 Å². The molecular weight excluding hydrogens is 272 g/mol. The van der Waals surface area contributed by atoms with E-state index in [2.05, 4.69) is 34.9 Å². The minimum Gasteiger partial charge on any atom is -0.462 e. The van der Waals surface area contributed by atoms with Gasteiger partial charge in [-0.1, -0.05) is 29.8 Å². The van der Waals surface area contributed by atoms with E-state index < -0.39 is 0 Å². The first-order chi connectivity index (χ1) is 9.56. The number of carbonyl (C=O) groups is 1. The van der Waals surface area contributed by atoms with Crippen molar-refractivity contribution in [1.29, 1.82) is 0 Å². The van der Waals surface area contributed by atoms with E-state index in [4.69, 9.17) is 17.0 Å². The van der Waals surface area contributed by atoms with Gasteiger partial charge in [0.05, 0.1) is 18.7 Å². The van der Waals surface area contributed by atoms with Crippen molar-refractivity contribution in [2.24, 2.45) is 0 Å². The minimum atomic E-state index is -0.294. The van der Waals surface area contributed by atoms with E-state index in [0.717, 1.165) is 17.7 Å². The third kappa shape index (κ3) is 3.81. The van der Waals surface area contributed by atoms with Crippen LogP contribution >= 0.6 is 12.2 Å². The fraction of sp³-hybridized carbons (Fsp3) is 0.333. The molecule has 0 saturated carbocycles. The summed E-state index contributed by atoms with van der Waals surface area (Å²) in [5, 5.41) is 6.38. The largest absolute Gasteiger partial charge is 0.462 e. The summed E-state index contributed by atoms with van der Waals surface area (Å²) in [6.07, 6.45) is 0.720. The van der Waals surface area contributed by atoms with Crippen LogP contribution in [0.3, 0.4) is 0 Å². The van der Waals surface area contributed by atoms with Gasteiger partial charge in [-0.25, -0.2) is 4.79 Å². The zero-order chi connectivity index (χ0) is 14.5. The standard InChI is InChI=1S/C15H18N2O2S/c1-10-3-5-12(6-4-10)7-8-19-14(18)13-9-16-15(20)17-11(13)2/h3-6H,7-9H2,1-2H3,(H2,16,17,20). The van der Waals surface area contributed by atoms with Crippen molar-refractivity contribution in [3.63, 3.8) is 0 Å². The summed E-state index contributed by atoms with van der Waals surface area (Å²) in [4.78, 5) is 12.0. The van der Waals surface area contributed by atoms with Gasteiger partial charge in [0.15, 0.2) is 5.11 Å². The Bertz CT molecular complexity index is 549. The van der Waals surface area contributed by atoms with Crippen molar-refractivity contribution in [3.8, 4) is 0 Å². The zero-order valence-electron chi connectivity index (χ0n) is 11.7. The fourth-order valence-electron chi connectivity index (χ4n) is 1.92. The molecule has 0 aromatic heterocycles. The summed E-state index contributed by atoms with van der Waals surface area (Å²) < 4.78 is 5.30. The molecular formula is C15H18N2O2S. The van der Waals surface area contributed by atoms with Crippen LogP contribution in [-0.2, 0) is 16.0 Å². The molecule has 4 nitrogen and oxygen atoms in total. The lowest BCUT2D eigenvalue weighted by Gasteiger charge is -2.20. The summed E-state index contributed by atoms with van der Waals surface area (Å²) >= 11 is 4.98. The highest BCUT2D eigenvalue weighted by Gasteiger charge is 2.19. The lowest BCUT2D eigenvalue weighted by molar-refractivity contribution is -0.139. The van der Waals surface area contributed by atoms with E-state index in [0.29, 0.717) is 23.8 Å². The van der Waals surface area contributed by atoms with Crippen LogP contribution in [0.1, 0.15) is 18.1 Å². The summed E-state index contributed by atoms with van der Waals surface area (Å²) in [7, 11) is 0. The number of ether oxygens (including phenoxy) is 1. The van der Waals surface area contributed by atoms with Gasteiger partial charge in [-0.3, -0.25) is 0 Å². The van der Waals surface area contributed by atoms with Gasteiger partial charge >= 0.3 is 5.97 Å². The van der Waals surface area contributed by atoms with Gasteiger partial charge < -0.3 is 15.4 Å². The topological polar surface area (TPSA) is 50.4 Å². The molecule has 0 saturated heterocycles. The van der Waals surface area contributed by atoms with Crippen LogP contribution in [0.25, 0.3) is 0 Å². The molecule has 1 aromatic rings. The highest BCUT2D eigenvalue weighted by molar-refractivity contribution is 7.80. The summed E-state index contributed by atoms with van der Waals surface area (Å²) in [5.74, 6) is -0.294. The average Bonchev–Trinajstić information content (AvgIpc) is 2.41. The normalized spacial score (nSPS) is 14.6. The molecule has 5 heteroatoms. The Morgan fingerprint density at radius 1 is 1.30 bits per heavy atom. The van der Waals surface area contributed by atoms with Crippen molar-refractivity contribution in [1.82, 2.24) is 10.6 Å². The Labute approximate surface area is 124 Å². The molecule has 1 aliphatic heterocycles. The monoisotopic (exact) mass is 290 g/mol. The molecule has 0 aliphatic carbocycles. The first-order valence-electron chi connectivity index (χ1n) is 6.53. The van der Waals surface area contributed by atoms with Gasteiger partial charge in [0.2, 0.25) is 0 Å². The van der Waals surface area contributed by atoms with Crippen molar-refractivity contribution >= 4 is 23.3 Å². The number of nitrogens with one attached hydrogen (secondary N) is 2. The Hall–Kier alpha value is -1.88. The number of allylic oxidation sites excluding steroid dienone is 1. The predicted molar refractivity (Wildman–Crippen MR) is 82.3 cm³/mol. The zero-order valence-corrected chi connectivity index (χ0v) is 12.5. The SMILES string of the molecule is CC1=C(C(=O)OCCc2ccc(C)cc2)CNC(=S)N1. The number of hydrogen-bond acceptors (Lipinski definition) is 3. The molecule has 2 rings (SSSR count). The van der Waals surface area contributed by atoms with Crippen molar-refractivity contribution in [2.45, 2.75) is 20.3 Å². The smallest absolute Gasteiger partial charge is 0.337 e. The Morgan fingerprint density at radius 3 is 2.65 bits per heavy atom. The van der Waals surface area contributed by atoms with Crippen molar-refractivity contribution in [2.75, 3.05) is 13.2 Å². The van der Waals surface area contributed by atoms with E-state index >= 15 is 0 Å². The Kier molecular flexibility index (Phi) is 4.74. The van der Waals surface area contributed by atoms with E-state index in [1.54, 1.807) is 0 Å². The number of carbonyl (C=O) groups excluding carboxylic acids is 1. The maximum Gasteiger partial charge on any atom is 0.337 e. The van der Waals surface area contributed by atoms with Gasteiger partial charge in [-0.2, -0.15) is 0 Å².